The summed E-state index contributed by atoms with van der Waals surface area (Å²) < 4.78 is 5.47. The van der Waals surface area contributed by atoms with Crippen molar-refractivity contribution in [1.82, 2.24) is 4.90 Å². The fraction of sp³-hybridized carbons (Fsp3) is 0.158. The van der Waals surface area contributed by atoms with Gasteiger partial charge in [-0.05, 0) is 31.2 Å². The molecule has 0 unspecified atom stereocenters. The van der Waals surface area contributed by atoms with Gasteiger partial charge in [-0.1, -0.05) is 35.3 Å². The first-order chi connectivity index (χ1) is 12.4. The molecule has 134 valence electrons. The smallest absolute Gasteiger partial charge is 0.277 e. The Kier molecular flexibility index (Phi) is 5.20. The van der Waals surface area contributed by atoms with E-state index in [0.29, 0.717) is 33.7 Å². The Morgan fingerprint density at radius 2 is 1.85 bits per heavy atom. The number of carbonyl (C=O) groups is 2. The van der Waals surface area contributed by atoms with Crippen molar-refractivity contribution in [2.45, 2.75) is 6.92 Å². The zero-order chi connectivity index (χ0) is 18.8. The predicted octanol–water partition coefficient (Wildman–Crippen LogP) is 4.21. The normalized spacial score (nSPS) is 14.2. The standard InChI is InChI=1S/C19H16Cl2N2O3/c1-3-26-13-6-4-5-12(10-13)22-17-16(18(24)23(2)19(17)25)14-8-7-11(20)9-15(14)21/h4-10,22H,3H2,1-2H3. The fourth-order valence-corrected chi connectivity index (χ4v) is 3.18. The second kappa shape index (κ2) is 7.40. The quantitative estimate of drug-likeness (QED) is 0.776. The van der Waals surface area contributed by atoms with Crippen LogP contribution in [0, 0.1) is 0 Å². The molecular formula is C19H16Cl2N2O3. The monoisotopic (exact) mass is 390 g/mol. The maximum absolute atomic E-state index is 12.6. The van der Waals surface area contributed by atoms with Gasteiger partial charge in [0.2, 0.25) is 0 Å². The molecule has 0 saturated carbocycles. The van der Waals surface area contributed by atoms with Crippen LogP contribution in [-0.2, 0) is 9.59 Å². The second-order valence-electron chi connectivity index (χ2n) is 5.63. The van der Waals surface area contributed by atoms with Crippen LogP contribution in [0.15, 0.2) is 48.2 Å². The lowest BCUT2D eigenvalue weighted by Crippen LogP contribution is -2.27. The molecule has 0 atom stereocenters. The number of likely N-dealkylation sites (N-methyl/N-ethyl adjacent to an activating group) is 1. The fourth-order valence-electron chi connectivity index (χ4n) is 2.67. The minimum atomic E-state index is -0.433. The van der Waals surface area contributed by atoms with Crippen molar-refractivity contribution < 1.29 is 14.3 Å². The highest BCUT2D eigenvalue weighted by molar-refractivity contribution is 6.41. The molecule has 0 aliphatic carbocycles. The number of imide groups is 1. The van der Waals surface area contributed by atoms with Gasteiger partial charge in [0.05, 0.1) is 17.2 Å². The summed E-state index contributed by atoms with van der Waals surface area (Å²) in [6, 6.07) is 11.9. The average molecular weight is 391 g/mol. The van der Waals surface area contributed by atoms with Crippen molar-refractivity contribution in [1.29, 1.82) is 0 Å². The third-order valence-corrected chi connectivity index (χ3v) is 4.45. The number of anilines is 1. The minimum absolute atomic E-state index is 0.162. The summed E-state index contributed by atoms with van der Waals surface area (Å²) in [5, 5.41) is 3.78. The Labute approximate surface area is 161 Å². The first kappa shape index (κ1) is 18.3. The third kappa shape index (κ3) is 3.41. The molecule has 1 aliphatic rings. The first-order valence-corrected chi connectivity index (χ1v) is 8.70. The molecule has 1 heterocycles. The maximum atomic E-state index is 12.6. The number of benzene rings is 2. The van der Waals surface area contributed by atoms with Crippen LogP contribution in [0.5, 0.6) is 5.75 Å². The lowest BCUT2D eigenvalue weighted by atomic mass is 10.0. The lowest BCUT2D eigenvalue weighted by Gasteiger charge is -2.11. The summed E-state index contributed by atoms with van der Waals surface area (Å²) in [5.74, 6) is -0.199. The number of nitrogens with one attached hydrogen (secondary N) is 1. The highest BCUT2D eigenvalue weighted by Crippen LogP contribution is 2.35. The van der Waals surface area contributed by atoms with E-state index in [9.17, 15) is 9.59 Å². The number of hydrogen-bond acceptors (Lipinski definition) is 4. The zero-order valence-electron chi connectivity index (χ0n) is 14.2. The van der Waals surface area contributed by atoms with Gasteiger partial charge in [0, 0.05) is 29.4 Å². The molecular weight excluding hydrogens is 375 g/mol. The zero-order valence-corrected chi connectivity index (χ0v) is 15.7. The molecule has 0 radical (unpaired) electrons. The Morgan fingerprint density at radius 3 is 2.54 bits per heavy atom. The number of rotatable bonds is 5. The van der Waals surface area contributed by atoms with E-state index in [-0.39, 0.29) is 11.3 Å². The van der Waals surface area contributed by atoms with Crippen molar-refractivity contribution >= 4 is 46.3 Å². The molecule has 2 amide bonds. The molecule has 1 N–H and O–H groups in total. The molecule has 2 aromatic carbocycles. The number of hydrogen-bond donors (Lipinski definition) is 1. The van der Waals surface area contributed by atoms with Crippen molar-refractivity contribution in [3.8, 4) is 5.75 Å². The van der Waals surface area contributed by atoms with Crippen molar-refractivity contribution in [3.63, 3.8) is 0 Å². The van der Waals surface area contributed by atoms with Gasteiger partial charge >= 0.3 is 0 Å². The SMILES string of the molecule is CCOc1cccc(NC2=C(c3ccc(Cl)cc3Cl)C(=O)N(C)C2=O)c1. The molecule has 5 nitrogen and oxygen atoms in total. The van der Waals surface area contributed by atoms with E-state index in [1.54, 1.807) is 30.3 Å². The highest BCUT2D eigenvalue weighted by atomic mass is 35.5. The van der Waals surface area contributed by atoms with Crippen molar-refractivity contribution in [2.24, 2.45) is 0 Å². The number of nitrogens with zero attached hydrogens (tertiary/aromatic N) is 1. The summed E-state index contributed by atoms with van der Waals surface area (Å²) in [7, 11) is 1.43. The lowest BCUT2D eigenvalue weighted by molar-refractivity contribution is -0.135. The summed E-state index contributed by atoms with van der Waals surface area (Å²) in [6.45, 7) is 2.41. The molecule has 0 bridgehead atoms. The van der Waals surface area contributed by atoms with Crippen LogP contribution in [0.25, 0.3) is 5.57 Å². The molecule has 0 aromatic heterocycles. The van der Waals surface area contributed by atoms with Gasteiger partial charge in [0.25, 0.3) is 11.8 Å². The summed E-state index contributed by atoms with van der Waals surface area (Å²) in [5.41, 5.74) is 1.45. The first-order valence-electron chi connectivity index (χ1n) is 7.94. The van der Waals surface area contributed by atoms with Gasteiger partial charge < -0.3 is 10.1 Å². The maximum Gasteiger partial charge on any atom is 0.277 e. The Morgan fingerprint density at radius 1 is 1.08 bits per heavy atom. The van der Waals surface area contributed by atoms with E-state index in [1.165, 1.54) is 13.1 Å². The van der Waals surface area contributed by atoms with Gasteiger partial charge in [-0.25, -0.2) is 0 Å². The van der Waals surface area contributed by atoms with E-state index in [1.807, 2.05) is 13.0 Å². The molecule has 1 aliphatic heterocycles. The van der Waals surface area contributed by atoms with Gasteiger partial charge in [0.15, 0.2) is 0 Å². The predicted molar refractivity (Wildman–Crippen MR) is 102 cm³/mol. The summed E-state index contributed by atoms with van der Waals surface area (Å²) >= 11 is 12.2. The van der Waals surface area contributed by atoms with Crippen molar-refractivity contribution in [2.75, 3.05) is 19.0 Å². The Hall–Kier alpha value is -2.50. The second-order valence-corrected chi connectivity index (χ2v) is 6.47. The average Bonchev–Trinajstić information content (AvgIpc) is 2.80. The van der Waals surface area contributed by atoms with E-state index in [0.717, 1.165) is 4.90 Å². The van der Waals surface area contributed by atoms with Crippen LogP contribution in [0.3, 0.4) is 0 Å². The van der Waals surface area contributed by atoms with Gasteiger partial charge in [-0.3, -0.25) is 14.5 Å². The Balaban J connectivity index is 2.07. The third-order valence-electron chi connectivity index (χ3n) is 3.90. The van der Waals surface area contributed by atoms with Gasteiger partial charge in [-0.2, -0.15) is 0 Å². The molecule has 7 heteroatoms. The molecule has 26 heavy (non-hydrogen) atoms. The molecule has 0 spiro atoms. The van der Waals surface area contributed by atoms with E-state index >= 15 is 0 Å². The van der Waals surface area contributed by atoms with E-state index in [2.05, 4.69) is 5.32 Å². The van der Waals surface area contributed by atoms with Gasteiger partial charge in [-0.15, -0.1) is 0 Å². The van der Waals surface area contributed by atoms with Crippen LogP contribution >= 0.6 is 23.2 Å². The Bertz CT molecular complexity index is 925. The molecule has 3 rings (SSSR count). The minimum Gasteiger partial charge on any atom is -0.494 e. The van der Waals surface area contributed by atoms with Crippen LogP contribution < -0.4 is 10.1 Å². The topological polar surface area (TPSA) is 58.6 Å². The molecule has 0 fully saturated rings. The van der Waals surface area contributed by atoms with Crippen LogP contribution in [0.4, 0.5) is 5.69 Å². The molecule has 2 aromatic rings. The highest BCUT2D eigenvalue weighted by Gasteiger charge is 2.37. The van der Waals surface area contributed by atoms with E-state index in [4.69, 9.17) is 27.9 Å². The van der Waals surface area contributed by atoms with Crippen LogP contribution in [0.2, 0.25) is 10.0 Å². The number of carbonyl (C=O) groups excluding carboxylic acids is 2. The number of halogens is 2. The van der Waals surface area contributed by atoms with E-state index < -0.39 is 11.8 Å². The van der Waals surface area contributed by atoms with Crippen LogP contribution in [-0.4, -0.2) is 30.4 Å². The molecule has 0 saturated heterocycles. The largest absolute Gasteiger partial charge is 0.494 e. The van der Waals surface area contributed by atoms with Crippen molar-refractivity contribution in [3.05, 3.63) is 63.8 Å². The van der Waals surface area contributed by atoms with Crippen LogP contribution in [0.1, 0.15) is 12.5 Å². The number of amides is 2. The summed E-state index contributed by atoms with van der Waals surface area (Å²) in [4.78, 5) is 26.2. The summed E-state index contributed by atoms with van der Waals surface area (Å²) in [6.07, 6.45) is 0. The number of ether oxygens (including phenoxy) is 1. The van der Waals surface area contributed by atoms with Gasteiger partial charge in [0.1, 0.15) is 11.4 Å².